The van der Waals surface area contributed by atoms with Crippen molar-refractivity contribution in [3.8, 4) is 11.5 Å². The first-order valence-electron chi connectivity index (χ1n) is 7.70. The zero-order valence-electron chi connectivity index (χ0n) is 13.2. The van der Waals surface area contributed by atoms with Crippen molar-refractivity contribution in [1.29, 1.82) is 0 Å². The third kappa shape index (κ3) is 3.45. The third-order valence-electron chi connectivity index (χ3n) is 4.87. The standard InChI is InChI=1S/C17H27NO2/c1-12-6-5-7-15(13(12)2)18-11-14-8-9-16(19-3)17(10-14)20-4/h8-10,12-13,15,18H,5-7,11H2,1-4H3/p+1/t12-,13+,15+/m1/s1. The Labute approximate surface area is 122 Å². The van der Waals surface area contributed by atoms with E-state index in [0.717, 1.165) is 35.9 Å². The lowest BCUT2D eigenvalue weighted by Gasteiger charge is -2.32. The fraction of sp³-hybridized carbons (Fsp3) is 0.647. The van der Waals surface area contributed by atoms with Crippen molar-refractivity contribution < 1.29 is 14.8 Å². The number of nitrogens with two attached hydrogens (primary N) is 1. The quantitative estimate of drug-likeness (QED) is 0.898. The summed E-state index contributed by atoms with van der Waals surface area (Å²) in [7, 11) is 3.37. The van der Waals surface area contributed by atoms with Gasteiger partial charge in [0, 0.05) is 11.5 Å². The molecule has 20 heavy (non-hydrogen) atoms. The monoisotopic (exact) mass is 278 g/mol. The average molecular weight is 278 g/mol. The molecule has 0 heterocycles. The van der Waals surface area contributed by atoms with E-state index in [2.05, 4.69) is 31.3 Å². The number of hydrogen-bond acceptors (Lipinski definition) is 2. The first-order valence-corrected chi connectivity index (χ1v) is 7.70. The minimum atomic E-state index is 0.756. The Morgan fingerprint density at radius 2 is 1.85 bits per heavy atom. The lowest BCUT2D eigenvalue weighted by atomic mass is 9.78. The lowest BCUT2D eigenvalue weighted by molar-refractivity contribution is -0.713. The minimum absolute atomic E-state index is 0.756. The van der Waals surface area contributed by atoms with E-state index in [9.17, 15) is 0 Å². The van der Waals surface area contributed by atoms with Crippen LogP contribution in [0.5, 0.6) is 11.5 Å². The summed E-state index contributed by atoms with van der Waals surface area (Å²) in [4.78, 5) is 0. The second kappa shape index (κ2) is 6.98. The summed E-state index contributed by atoms with van der Waals surface area (Å²) in [6.07, 6.45) is 4.11. The van der Waals surface area contributed by atoms with Crippen molar-refractivity contribution in [1.82, 2.24) is 0 Å². The summed E-state index contributed by atoms with van der Waals surface area (Å²) in [6, 6.07) is 6.97. The highest BCUT2D eigenvalue weighted by Crippen LogP contribution is 2.29. The van der Waals surface area contributed by atoms with Gasteiger partial charge in [-0.3, -0.25) is 0 Å². The summed E-state index contributed by atoms with van der Waals surface area (Å²) in [5.41, 5.74) is 1.30. The zero-order chi connectivity index (χ0) is 14.5. The van der Waals surface area contributed by atoms with E-state index < -0.39 is 0 Å². The average Bonchev–Trinajstić information content (AvgIpc) is 2.48. The summed E-state index contributed by atoms with van der Waals surface area (Å²) >= 11 is 0. The van der Waals surface area contributed by atoms with Gasteiger partial charge in [0.1, 0.15) is 6.54 Å². The molecule has 1 aromatic rings. The van der Waals surface area contributed by atoms with Crippen LogP contribution in [0.25, 0.3) is 0 Å². The Balaban J connectivity index is 1.96. The van der Waals surface area contributed by atoms with Crippen LogP contribution in [0.3, 0.4) is 0 Å². The molecule has 0 bridgehead atoms. The van der Waals surface area contributed by atoms with Crippen molar-refractivity contribution in [3.05, 3.63) is 23.8 Å². The van der Waals surface area contributed by atoms with Gasteiger partial charge in [-0.25, -0.2) is 0 Å². The van der Waals surface area contributed by atoms with Crippen LogP contribution in [-0.4, -0.2) is 20.3 Å². The summed E-state index contributed by atoms with van der Waals surface area (Å²) in [5.74, 6) is 3.29. The molecule has 0 aromatic heterocycles. The molecule has 0 saturated heterocycles. The van der Waals surface area contributed by atoms with E-state index in [1.54, 1.807) is 14.2 Å². The molecule has 1 aromatic carbocycles. The second-order valence-electron chi connectivity index (χ2n) is 6.06. The fourth-order valence-corrected chi connectivity index (χ4v) is 3.25. The van der Waals surface area contributed by atoms with Crippen molar-refractivity contribution >= 4 is 0 Å². The lowest BCUT2D eigenvalue weighted by Crippen LogP contribution is -2.90. The van der Waals surface area contributed by atoms with Crippen LogP contribution in [0.2, 0.25) is 0 Å². The molecule has 0 amide bonds. The molecule has 3 atom stereocenters. The Morgan fingerprint density at radius 1 is 1.10 bits per heavy atom. The molecule has 1 aliphatic rings. The molecule has 0 radical (unpaired) electrons. The highest BCUT2D eigenvalue weighted by Gasteiger charge is 2.29. The molecule has 112 valence electrons. The molecular formula is C17H28NO2+. The molecule has 0 spiro atoms. The van der Waals surface area contributed by atoms with Crippen LogP contribution < -0.4 is 14.8 Å². The van der Waals surface area contributed by atoms with Gasteiger partial charge in [0.2, 0.25) is 0 Å². The predicted molar refractivity (Wildman–Crippen MR) is 81.1 cm³/mol. The SMILES string of the molecule is COc1ccc(C[NH2+][C@H]2CCC[C@@H](C)[C@@H]2C)cc1OC. The van der Waals surface area contributed by atoms with Crippen LogP contribution in [0.1, 0.15) is 38.7 Å². The largest absolute Gasteiger partial charge is 0.493 e. The Hall–Kier alpha value is -1.22. The van der Waals surface area contributed by atoms with Gasteiger partial charge in [0.05, 0.1) is 20.3 Å². The minimum Gasteiger partial charge on any atom is -0.493 e. The van der Waals surface area contributed by atoms with Gasteiger partial charge in [-0.2, -0.15) is 0 Å². The van der Waals surface area contributed by atoms with Crippen molar-refractivity contribution in [2.75, 3.05) is 14.2 Å². The smallest absolute Gasteiger partial charge is 0.161 e. The normalized spacial score (nSPS) is 26.3. The highest BCUT2D eigenvalue weighted by molar-refractivity contribution is 5.42. The van der Waals surface area contributed by atoms with Gasteiger partial charge in [0.25, 0.3) is 0 Å². The number of ether oxygens (including phenoxy) is 2. The number of rotatable bonds is 5. The molecule has 3 nitrogen and oxygen atoms in total. The van der Waals surface area contributed by atoms with E-state index in [4.69, 9.17) is 9.47 Å². The first-order chi connectivity index (χ1) is 9.65. The molecule has 2 N–H and O–H groups in total. The van der Waals surface area contributed by atoms with Crippen molar-refractivity contribution in [2.24, 2.45) is 11.8 Å². The maximum absolute atomic E-state index is 5.37. The van der Waals surface area contributed by atoms with Crippen molar-refractivity contribution in [2.45, 2.75) is 45.7 Å². The molecule has 1 fully saturated rings. The Bertz CT molecular complexity index is 433. The Kier molecular flexibility index (Phi) is 5.30. The molecule has 3 heteroatoms. The van der Waals surface area contributed by atoms with Crippen LogP contribution in [0.15, 0.2) is 18.2 Å². The summed E-state index contributed by atoms with van der Waals surface area (Å²) < 4.78 is 10.6. The van der Waals surface area contributed by atoms with E-state index in [0.29, 0.717) is 0 Å². The van der Waals surface area contributed by atoms with Gasteiger partial charge >= 0.3 is 0 Å². The van der Waals surface area contributed by atoms with Crippen molar-refractivity contribution in [3.63, 3.8) is 0 Å². The van der Waals surface area contributed by atoms with E-state index in [1.807, 2.05) is 6.07 Å². The van der Waals surface area contributed by atoms with Gasteiger partial charge in [-0.1, -0.05) is 13.8 Å². The number of quaternary nitrogens is 1. The van der Waals surface area contributed by atoms with E-state index in [1.165, 1.54) is 24.8 Å². The number of benzene rings is 1. The van der Waals surface area contributed by atoms with Crippen LogP contribution in [0, 0.1) is 11.8 Å². The first kappa shape index (κ1) is 15.2. The second-order valence-corrected chi connectivity index (χ2v) is 6.06. The molecular weight excluding hydrogens is 250 g/mol. The zero-order valence-corrected chi connectivity index (χ0v) is 13.2. The highest BCUT2D eigenvalue weighted by atomic mass is 16.5. The van der Waals surface area contributed by atoms with Gasteiger partial charge in [-0.05, 0) is 43.4 Å². The van der Waals surface area contributed by atoms with E-state index in [-0.39, 0.29) is 0 Å². The predicted octanol–water partition coefficient (Wildman–Crippen LogP) is 2.59. The van der Waals surface area contributed by atoms with Crippen LogP contribution in [0.4, 0.5) is 0 Å². The van der Waals surface area contributed by atoms with Crippen LogP contribution >= 0.6 is 0 Å². The summed E-state index contributed by atoms with van der Waals surface area (Å²) in [5, 5.41) is 2.50. The molecule has 2 rings (SSSR count). The summed E-state index contributed by atoms with van der Waals surface area (Å²) in [6.45, 7) is 5.81. The van der Waals surface area contributed by atoms with Gasteiger partial charge in [0.15, 0.2) is 11.5 Å². The van der Waals surface area contributed by atoms with Gasteiger partial charge in [-0.15, -0.1) is 0 Å². The molecule has 1 aliphatic carbocycles. The van der Waals surface area contributed by atoms with Crippen LogP contribution in [-0.2, 0) is 6.54 Å². The third-order valence-corrected chi connectivity index (χ3v) is 4.87. The Morgan fingerprint density at radius 3 is 2.55 bits per heavy atom. The van der Waals surface area contributed by atoms with Gasteiger partial charge < -0.3 is 14.8 Å². The number of methoxy groups -OCH3 is 2. The fourth-order valence-electron chi connectivity index (χ4n) is 3.25. The molecule has 0 unspecified atom stereocenters. The maximum Gasteiger partial charge on any atom is 0.161 e. The topological polar surface area (TPSA) is 35.1 Å². The number of hydrogen-bond donors (Lipinski definition) is 1. The molecule has 1 saturated carbocycles. The maximum atomic E-state index is 5.37. The molecule has 0 aliphatic heterocycles. The van der Waals surface area contributed by atoms with E-state index >= 15 is 0 Å².